The Labute approximate surface area is 210 Å². The van der Waals surface area contributed by atoms with Gasteiger partial charge >= 0.3 is 5.97 Å². The molecule has 0 spiro atoms. The second-order valence-corrected chi connectivity index (χ2v) is 12.5. The second-order valence-electron chi connectivity index (χ2n) is 12.5. The summed E-state index contributed by atoms with van der Waals surface area (Å²) in [5, 5.41) is 12.3. The number of hydrogen-bond acceptors (Lipinski definition) is 7. The number of esters is 1. The highest BCUT2D eigenvalue weighted by molar-refractivity contribution is 5.84. The van der Waals surface area contributed by atoms with Gasteiger partial charge < -0.3 is 14.6 Å². The Kier molecular flexibility index (Phi) is 7.35. The summed E-state index contributed by atoms with van der Waals surface area (Å²) in [4.78, 5) is 25.7. The van der Waals surface area contributed by atoms with Gasteiger partial charge in [-0.15, -0.1) is 0 Å². The number of methoxy groups -OCH3 is 1. The average molecular weight is 491 g/mol. The second kappa shape index (κ2) is 10.0. The molecule has 198 valence electrons. The molecule has 7 nitrogen and oxygen atoms in total. The van der Waals surface area contributed by atoms with Crippen molar-refractivity contribution in [3.63, 3.8) is 0 Å². The van der Waals surface area contributed by atoms with E-state index >= 15 is 0 Å². The van der Waals surface area contributed by atoms with E-state index in [1.54, 1.807) is 0 Å². The molecule has 1 heterocycles. The van der Waals surface area contributed by atoms with E-state index in [2.05, 4.69) is 12.3 Å². The number of ether oxygens (including phenoxy) is 2. The Morgan fingerprint density at radius 3 is 2.66 bits per heavy atom. The van der Waals surface area contributed by atoms with Crippen LogP contribution in [0.3, 0.4) is 0 Å². The van der Waals surface area contributed by atoms with Crippen LogP contribution < -0.4 is 5.43 Å². The monoisotopic (exact) mass is 490 g/mol. The molecule has 0 bridgehead atoms. The van der Waals surface area contributed by atoms with E-state index in [0.717, 1.165) is 45.1 Å². The number of ketones is 1. The number of hydrazine groups is 1. The Bertz CT molecular complexity index is 806. The maximum Gasteiger partial charge on any atom is 0.324 e. The van der Waals surface area contributed by atoms with Gasteiger partial charge in [-0.05, 0) is 106 Å². The molecule has 0 aromatic rings. The molecule has 2 unspecified atom stereocenters. The molecule has 0 aromatic heterocycles. The lowest BCUT2D eigenvalue weighted by atomic mass is 9.44. The summed E-state index contributed by atoms with van der Waals surface area (Å²) in [7, 11) is 1.84. The average Bonchev–Trinajstić information content (AvgIpc) is 3.44. The van der Waals surface area contributed by atoms with Crippen LogP contribution in [0.5, 0.6) is 0 Å². The molecule has 1 saturated heterocycles. The Balaban J connectivity index is 1.27. The summed E-state index contributed by atoms with van der Waals surface area (Å²) >= 11 is 0. The van der Waals surface area contributed by atoms with Crippen molar-refractivity contribution in [2.45, 2.75) is 90.2 Å². The highest BCUT2D eigenvalue weighted by Crippen LogP contribution is 2.67. The van der Waals surface area contributed by atoms with E-state index in [4.69, 9.17) is 9.47 Å². The third-order valence-corrected chi connectivity index (χ3v) is 11.1. The maximum absolute atomic E-state index is 13.6. The fraction of sp³-hybridized carbons (Fsp3) is 0.929. The number of nitrogens with zero attached hydrogens (tertiary/aromatic N) is 1. The number of fused-ring (bicyclic) bond motifs is 5. The molecule has 0 aromatic carbocycles. The minimum absolute atomic E-state index is 0.0772. The summed E-state index contributed by atoms with van der Waals surface area (Å²) in [6.07, 6.45) is 10.4. The van der Waals surface area contributed by atoms with Gasteiger partial charge in [-0.25, -0.2) is 10.4 Å². The van der Waals surface area contributed by atoms with E-state index in [1.165, 1.54) is 19.3 Å². The van der Waals surface area contributed by atoms with Crippen molar-refractivity contribution in [2.75, 3.05) is 33.4 Å². The normalized spacial score (nSPS) is 45.4. The van der Waals surface area contributed by atoms with Crippen molar-refractivity contribution in [1.29, 1.82) is 0 Å². The third kappa shape index (κ3) is 4.38. The first-order valence-electron chi connectivity index (χ1n) is 14.2. The smallest absolute Gasteiger partial charge is 0.324 e. The van der Waals surface area contributed by atoms with Crippen LogP contribution >= 0.6 is 0 Å². The topological polar surface area (TPSA) is 88.1 Å². The van der Waals surface area contributed by atoms with Gasteiger partial charge in [0.05, 0.1) is 25.9 Å². The Morgan fingerprint density at radius 1 is 1.06 bits per heavy atom. The number of nitrogens with one attached hydrogen (secondary N) is 1. The zero-order valence-electron chi connectivity index (χ0n) is 22.0. The van der Waals surface area contributed by atoms with Gasteiger partial charge in [0, 0.05) is 19.6 Å². The van der Waals surface area contributed by atoms with Gasteiger partial charge in [-0.1, -0.05) is 6.92 Å². The van der Waals surface area contributed by atoms with Crippen molar-refractivity contribution in [3.8, 4) is 0 Å². The van der Waals surface area contributed by atoms with Gasteiger partial charge in [-0.3, -0.25) is 9.59 Å². The minimum atomic E-state index is -0.328. The van der Waals surface area contributed by atoms with E-state index < -0.39 is 0 Å². The first-order chi connectivity index (χ1) is 16.8. The van der Waals surface area contributed by atoms with Crippen molar-refractivity contribution in [3.05, 3.63) is 0 Å². The molecule has 4 aliphatic carbocycles. The molecule has 0 radical (unpaired) electrons. The lowest BCUT2D eigenvalue weighted by Crippen LogP contribution is -2.57. The Morgan fingerprint density at radius 2 is 1.89 bits per heavy atom. The molecule has 0 amide bonds. The van der Waals surface area contributed by atoms with Crippen LogP contribution in [0.1, 0.15) is 78.1 Å². The zero-order valence-corrected chi connectivity index (χ0v) is 22.0. The van der Waals surface area contributed by atoms with Crippen molar-refractivity contribution in [2.24, 2.45) is 40.4 Å². The predicted octanol–water partition coefficient (Wildman–Crippen LogP) is 3.34. The zero-order chi connectivity index (χ0) is 24.8. The number of carbonyl (C=O) groups is 2. The van der Waals surface area contributed by atoms with Gasteiger partial charge in [0.15, 0.2) is 5.78 Å². The van der Waals surface area contributed by atoms with E-state index in [-0.39, 0.29) is 34.9 Å². The highest BCUT2D eigenvalue weighted by atomic mass is 16.5. The number of aliphatic hydroxyl groups excluding tert-OH is 1. The molecule has 5 rings (SSSR count). The lowest BCUT2D eigenvalue weighted by Gasteiger charge is -2.61. The van der Waals surface area contributed by atoms with Crippen LogP contribution in [-0.2, 0) is 19.1 Å². The summed E-state index contributed by atoms with van der Waals surface area (Å²) < 4.78 is 11.0. The third-order valence-electron chi connectivity index (χ3n) is 11.1. The number of carbonyl (C=O) groups excluding carboxylic acids is 2. The molecule has 2 N–H and O–H groups in total. The SMILES string of the molecule is CCOC(=O)C1CCN(CC(=O)[C@H]2CC[C@H]3[C@@H]4CC[C@H]5C[C@H](O)CC[C@]5(COC)C4CC[C@]23C)N1. The fourth-order valence-electron chi connectivity index (χ4n) is 9.58. The number of Topliss-reactive ketones (excluding diaryl/α,β-unsaturated/α-hetero) is 1. The molecule has 9 atom stereocenters. The molecule has 1 aliphatic heterocycles. The van der Waals surface area contributed by atoms with Crippen molar-refractivity contribution in [1.82, 2.24) is 10.4 Å². The predicted molar refractivity (Wildman–Crippen MR) is 132 cm³/mol. The van der Waals surface area contributed by atoms with E-state index in [9.17, 15) is 14.7 Å². The molecule has 35 heavy (non-hydrogen) atoms. The lowest BCUT2D eigenvalue weighted by molar-refractivity contribution is -0.161. The summed E-state index contributed by atoms with van der Waals surface area (Å²) in [6, 6.07) is -0.328. The quantitative estimate of drug-likeness (QED) is 0.529. The van der Waals surface area contributed by atoms with E-state index in [0.29, 0.717) is 55.6 Å². The van der Waals surface area contributed by atoms with Crippen LogP contribution in [0.2, 0.25) is 0 Å². The van der Waals surface area contributed by atoms with Crippen LogP contribution in [0.25, 0.3) is 0 Å². The molecule has 4 saturated carbocycles. The number of rotatable bonds is 7. The van der Waals surface area contributed by atoms with Gasteiger partial charge in [0.1, 0.15) is 6.04 Å². The summed E-state index contributed by atoms with van der Waals surface area (Å²) in [5.74, 6) is 2.74. The fourth-order valence-corrected chi connectivity index (χ4v) is 9.58. The van der Waals surface area contributed by atoms with Gasteiger partial charge in [-0.2, -0.15) is 0 Å². The summed E-state index contributed by atoms with van der Waals surface area (Å²) in [6.45, 7) is 6.51. The van der Waals surface area contributed by atoms with Crippen LogP contribution in [0, 0.1) is 40.4 Å². The molecular formula is C28H46N2O5. The number of aliphatic hydroxyl groups is 1. The largest absolute Gasteiger partial charge is 0.465 e. The first-order valence-corrected chi connectivity index (χ1v) is 14.2. The Hall–Kier alpha value is -1.02. The van der Waals surface area contributed by atoms with Crippen LogP contribution in [-0.4, -0.2) is 67.4 Å². The van der Waals surface area contributed by atoms with E-state index in [1.807, 2.05) is 19.0 Å². The minimum Gasteiger partial charge on any atom is -0.465 e. The first kappa shape index (κ1) is 25.6. The molecular weight excluding hydrogens is 444 g/mol. The van der Waals surface area contributed by atoms with Crippen molar-refractivity contribution >= 4 is 11.8 Å². The number of hydrogen-bond donors (Lipinski definition) is 2. The van der Waals surface area contributed by atoms with Crippen LogP contribution in [0.15, 0.2) is 0 Å². The van der Waals surface area contributed by atoms with Gasteiger partial charge in [0.2, 0.25) is 0 Å². The highest BCUT2D eigenvalue weighted by Gasteiger charge is 2.62. The van der Waals surface area contributed by atoms with Crippen molar-refractivity contribution < 1.29 is 24.2 Å². The van der Waals surface area contributed by atoms with Crippen LogP contribution in [0.4, 0.5) is 0 Å². The summed E-state index contributed by atoms with van der Waals surface area (Å²) in [5.41, 5.74) is 3.50. The molecule has 7 heteroatoms. The maximum atomic E-state index is 13.6. The van der Waals surface area contributed by atoms with Gasteiger partial charge in [0.25, 0.3) is 0 Å². The standard InChI is InChI=1S/C28H46N2O5/c1-4-35-26(33)24-11-14-30(29-24)16-25(32)23-8-7-21-20-6-5-18-15-19(31)9-13-28(18,17-34-3)22(20)10-12-27(21,23)2/h18-24,29,31H,4-17H2,1-3H3/t18-,19+,20-,21-,22?,23+,24?,27-,28+/m0/s1. The molecule has 5 fully saturated rings. The molecule has 5 aliphatic rings.